The van der Waals surface area contributed by atoms with Crippen LogP contribution in [0.2, 0.25) is 0 Å². The Morgan fingerprint density at radius 2 is 0.768 bits per heavy atom. The lowest BCUT2D eigenvalue weighted by molar-refractivity contribution is -0.123. The number of allylic oxidation sites excluding steroid dienone is 7. The fourth-order valence-corrected chi connectivity index (χ4v) is 7.49. The molecule has 2 unspecified atom stereocenters. The lowest BCUT2D eigenvalue weighted by Crippen LogP contribution is -2.45. The van der Waals surface area contributed by atoms with Crippen molar-refractivity contribution in [2.45, 2.75) is 270 Å². The van der Waals surface area contributed by atoms with E-state index >= 15 is 0 Å². The standard InChI is InChI=1S/C52H97NO3/c1-3-5-7-8-9-10-11-12-13-14-15-16-17-18-19-20-21-22-23-24-25-26-27-28-29-30-31-32-33-34-35-36-37-38-39-40-41-42-43-44-46-48-52(56)53-50(49-54)51(55)47-45-6-4-2/h11-12,14-15,17-18,45,47,50-51,54-55H,3-10,13,16,19-44,46,48-49H2,1-2H3,(H,53,56)/b12-11-,15-14-,18-17-,47-45+. The molecule has 3 N–H and O–H groups in total. The Morgan fingerprint density at radius 1 is 0.429 bits per heavy atom. The third-order valence-electron chi connectivity index (χ3n) is 11.3. The number of unbranched alkanes of at least 4 members (excludes halogenated alkanes) is 32. The van der Waals surface area contributed by atoms with Crippen LogP contribution in [0, 0.1) is 0 Å². The monoisotopic (exact) mass is 784 g/mol. The van der Waals surface area contributed by atoms with Gasteiger partial charge in [-0.1, -0.05) is 249 Å². The van der Waals surface area contributed by atoms with Crippen LogP contribution < -0.4 is 5.32 Å². The summed E-state index contributed by atoms with van der Waals surface area (Å²) < 4.78 is 0. The molecule has 0 saturated heterocycles. The fraction of sp³-hybridized carbons (Fsp3) is 0.827. The largest absolute Gasteiger partial charge is 0.394 e. The van der Waals surface area contributed by atoms with Gasteiger partial charge in [0.05, 0.1) is 18.8 Å². The van der Waals surface area contributed by atoms with Crippen molar-refractivity contribution in [1.29, 1.82) is 0 Å². The summed E-state index contributed by atoms with van der Waals surface area (Å²) >= 11 is 0. The molecule has 0 spiro atoms. The average molecular weight is 784 g/mol. The molecule has 2 atom stereocenters. The van der Waals surface area contributed by atoms with Gasteiger partial charge in [0, 0.05) is 6.42 Å². The lowest BCUT2D eigenvalue weighted by Gasteiger charge is -2.19. The average Bonchev–Trinajstić information content (AvgIpc) is 3.20. The molecule has 4 heteroatoms. The zero-order valence-electron chi connectivity index (χ0n) is 37.7. The van der Waals surface area contributed by atoms with Gasteiger partial charge in [0.1, 0.15) is 0 Å². The van der Waals surface area contributed by atoms with E-state index < -0.39 is 12.1 Å². The van der Waals surface area contributed by atoms with Gasteiger partial charge in [0.2, 0.25) is 5.91 Å². The number of hydrogen-bond acceptors (Lipinski definition) is 3. The number of aliphatic hydroxyl groups excluding tert-OH is 2. The van der Waals surface area contributed by atoms with Crippen molar-refractivity contribution in [1.82, 2.24) is 5.32 Å². The summed E-state index contributed by atoms with van der Waals surface area (Å²) in [6, 6.07) is -0.615. The first-order valence-corrected chi connectivity index (χ1v) is 24.9. The molecule has 328 valence electrons. The van der Waals surface area contributed by atoms with Crippen molar-refractivity contribution >= 4 is 5.91 Å². The van der Waals surface area contributed by atoms with E-state index in [2.05, 4.69) is 55.6 Å². The first-order valence-electron chi connectivity index (χ1n) is 24.9. The first kappa shape index (κ1) is 54.3. The van der Waals surface area contributed by atoms with E-state index in [0.717, 1.165) is 38.5 Å². The molecular formula is C52H97NO3. The Bertz CT molecular complexity index is 893. The molecule has 0 radical (unpaired) electrons. The van der Waals surface area contributed by atoms with Gasteiger partial charge in [0.15, 0.2) is 0 Å². The number of carbonyl (C=O) groups excluding carboxylic acids is 1. The maximum atomic E-state index is 12.2. The van der Waals surface area contributed by atoms with Crippen LogP contribution in [-0.2, 0) is 4.79 Å². The molecule has 0 aromatic carbocycles. The van der Waals surface area contributed by atoms with Gasteiger partial charge in [-0.3, -0.25) is 4.79 Å². The molecule has 0 saturated carbocycles. The van der Waals surface area contributed by atoms with Crippen molar-refractivity contribution in [2.75, 3.05) is 6.61 Å². The van der Waals surface area contributed by atoms with Crippen LogP contribution in [0.4, 0.5) is 0 Å². The number of rotatable bonds is 45. The van der Waals surface area contributed by atoms with Crippen LogP contribution in [0.15, 0.2) is 48.6 Å². The summed E-state index contributed by atoms with van der Waals surface area (Å²) in [5.41, 5.74) is 0. The smallest absolute Gasteiger partial charge is 0.220 e. The van der Waals surface area contributed by atoms with Crippen LogP contribution in [0.1, 0.15) is 258 Å². The first-order chi connectivity index (χ1) is 27.7. The predicted molar refractivity (Wildman–Crippen MR) is 248 cm³/mol. The van der Waals surface area contributed by atoms with Gasteiger partial charge in [-0.2, -0.15) is 0 Å². The third-order valence-corrected chi connectivity index (χ3v) is 11.3. The highest BCUT2D eigenvalue weighted by atomic mass is 16.3. The van der Waals surface area contributed by atoms with Gasteiger partial charge in [-0.05, 0) is 51.4 Å². The number of amides is 1. The second-order valence-corrected chi connectivity index (χ2v) is 16.9. The molecule has 0 aliphatic heterocycles. The molecule has 0 heterocycles. The Labute approximate surface area is 350 Å². The highest BCUT2D eigenvalue weighted by molar-refractivity contribution is 5.76. The van der Waals surface area contributed by atoms with Crippen molar-refractivity contribution in [3.05, 3.63) is 48.6 Å². The summed E-state index contributed by atoms with van der Waals surface area (Å²) in [5, 5.41) is 22.4. The zero-order chi connectivity index (χ0) is 40.7. The van der Waals surface area contributed by atoms with Crippen LogP contribution in [0.3, 0.4) is 0 Å². The van der Waals surface area contributed by atoms with Crippen LogP contribution in [0.5, 0.6) is 0 Å². The summed E-state index contributed by atoms with van der Waals surface area (Å²) in [5.74, 6) is -0.0733. The third kappa shape index (κ3) is 43.5. The van der Waals surface area contributed by atoms with Crippen molar-refractivity contribution < 1.29 is 15.0 Å². The molecule has 0 aromatic rings. The summed E-state index contributed by atoms with van der Waals surface area (Å²) in [6.07, 6.45) is 66.3. The molecule has 4 nitrogen and oxygen atoms in total. The van der Waals surface area contributed by atoms with Gasteiger partial charge in [0.25, 0.3) is 0 Å². The molecule has 0 aliphatic rings. The minimum absolute atomic E-state index is 0.0733. The van der Waals surface area contributed by atoms with Gasteiger partial charge in [-0.25, -0.2) is 0 Å². The van der Waals surface area contributed by atoms with Crippen LogP contribution in [0.25, 0.3) is 0 Å². The lowest BCUT2D eigenvalue weighted by atomic mass is 10.0. The number of carbonyl (C=O) groups is 1. The summed E-state index contributed by atoms with van der Waals surface area (Å²) in [6.45, 7) is 4.11. The van der Waals surface area contributed by atoms with E-state index in [9.17, 15) is 15.0 Å². The molecule has 1 amide bonds. The predicted octanol–water partition coefficient (Wildman–Crippen LogP) is 15.9. The normalized spacial score (nSPS) is 13.3. The Hall–Kier alpha value is -1.65. The minimum atomic E-state index is -0.833. The molecule has 0 aromatic heterocycles. The van der Waals surface area contributed by atoms with Crippen LogP contribution >= 0.6 is 0 Å². The van der Waals surface area contributed by atoms with Gasteiger partial charge >= 0.3 is 0 Å². The van der Waals surface area contributed by atoms with Crippen molar-refractivity contribution in [3.8, 4) is 0 Å². The number of hydrogen-bond donors (Lipinski definition) is 3. The SMILES string of the molecule is CCC/C=C/C(O)C(CO)NC(=O)CCCCCCCCCCCCCCCCCCCCCCCCCCCC/C=C\C/C=C\C/C=C\CCCCCCC. The molecule has 56 heavy (non-hydrogen) atoms. The highest BCUT2D eigenvalue weighted by Gasteiger charge is 2.17. The van der Waals surface area contributed by atoms with E-state index in [4.69, 9.17) is 0 Å². The second-order valence-electron chi connectivity index (χ2n) is 16.9. The molecule has 0 fully saturated rings. The quantitative estimate of drug-likeness (QED) is 0.0425. The van der Waals surface area contributed by atoms with Gasteiger partial charge in [-0.15, -0.1) is 0 Å². The molecular weight excluding hydrogens is 687 g/mol. The number of aliphatic hydroxyl groups is 2. The number of nitrogens with one attached hydrogen (secondary N) is 1. The fourth-order valence-electron chi connectivity index (χ4n) is 7.49. The van der Waals surface area contributed by atoms with E-state index in [0.29, 0.717) is 6.42 Å². The van der Waals surface area contributed by atoms with E-state index in [-0.39, 0.29) is 12.5 Å². The van der Waals surface area contributed by atoms with E-state index in [1.807, 2.05) is 6.08 Å². The molecule has 0 aliphatic carbocycles. The van der Waals surface area contributed by atoms with Crippen molar-refractivity contribution in [3.63, 3.8) is 0 Å². The topological polar surface area (TPSA) is 69.6 Å². The molecule has 0 bridgehead atoms. The van der Waals surface area contributed by atoms with Crippen molar-refractivity contribution in [2.24, 2.45) is 0 Å². The zero-order valence-corrected chi connectivity index (χ0v) is 37.7. The van der Waals surface area contributed by atoms with Gasteiger partial charge < -0.3 is 15.5 Å². The Morgan fingerprint density at radius 3 is 1.12 bits per heavy atom. The maximum absolute atomic E-state index is 12.2. The maximum Gasteiger partial charge on any atom is 0.220 e. The second kappa shape index (κ2) is 47.7. The highest BCUT2D eigenvalue weighted by Crippen LogP contribution is 2.17. The van der Waals surface area contributed by atoms with E-state index in [1.54, 1.807) is 6.08 Å². The Kier molecular flexibility index (Phi) is 46.3. The molecule has 0 rings (SSSR count). The minimum Gasteiger partial charge on any atom is -0.394 e. The van der Waals surface area contributed by atoms with Crippen LogP contribution in [-0.4, -0.2) is 34.9 Å². The van der Waals surface area contributed by atoms with E-state index in [1.165, 1.54) is 199 Å². The Balaban J connectivity index is 3.28. The summed E-state index contributed by atoms with van der Waals surface area (Å²) in [4.78, 5) is 12.2. The summed E-state index contributed by atoms with van der Waals surface area (Å²) in [7, 11) is 0.